The number of anilines is 1. The van der Waals surface area contributed by atoms with Gasteiger partial charge >= 0.3 is 5.97 Å². The van der Waals surface area contributed by atoms with Crippen molar-refractivity contribution in [2.75, 3.05) is 47.0 Å². The van der Waals surface area contributed by atoms with Crippen LogP contribution in [0.1, 0.15) is 20.7 Å². The molecule has 1 amide bonds. The van der Waals surface area contributed by atoms with E-state index in [0.717, 1.165) is 0 Å². The smallest absolute Gasteiger partial charge is 0.338 e. The molecule has 8 heteroatoms. The Balaban J connectivity index is 2.11. The van der Waals surface area contributed by atoms with E-state index in [9.17, 15) is 9.59 Å². The van der Waals surface area contributed by atoms with Crippen LogP contribution < -0.4 is 19.5 Å². The van der Waals surface area contributed by atoms with Gasteiger partial charge in [-0.2, -0.15) is 0 Å². The Labute approximate surface area is 163 Å². The maximum atomic E-state index is 12.6. The Morgan fingerprint density at radius 3 is 1.93 bits per heavy atom. The molecule has 28 heavy (non-hydrogen) atoms. The topological polar surface area (TPSA) is 92.3 Å². The van der Waals surface area contributed by atoms with Gasteiger partial charge in [0.25, 0.3) is 5.91 Å². The van der Waals surface area contributed by atoms with E-state index >= 15 is 0 Å². The van der Waals surface area contributed by atoms with Crippen LogP contribution in [0.15, 0.2) is 36.4 Å². The van der Waals surface area contributed by atoms with Crippen molar-refractivity contribution in [3.63, 3.8) is 0 Å². The first kappa shape index (κ1) is 21.0. The number of benzene rings is 2. The molecule has 0 aliphatic heterocycles. The molecule has 2 aromatic rings. The van der Waals surface area contributed by atoms with E-state index < -0.39 is 5.97 Å². The number of amides is 1. The van der Waals surface area contributed by atoms with Gasteiger partial charge in [-0.15, -0.1) is 0 Å². The monoisotopic (exact) mass is 389 g/mol. The van der Waals surface area contributed by atoms with Crippen LogP contribution in [-0.4, -0.2) is 53.5 Å². The van der Waals surface area contributed by atoms with E-state index in [0.29, 0.717) is 40.7 Å². The second-order valence-corrected chi connectivity index (χ2v) is 5.57. The molecule has 0 fully saturated rings. The summed E-state index contributed by atoms with van der Waals surface area (Å²) in [6.45, 7) is 0.504. The van der Waals surface area contributed by atoms with Gasteiger partial charge in [0.2, 0.25) is 5.75 Å². The summed E-state index contributed by atoms with van der Waals surface area (Å²) in [6.07, 6.45) is 0. The van der Waals surface area contributed by atoms with Crippen LogP contribution in [0.3, 0.4) is 0 Å². The highest BCUT2D eigenvalue weighted by Crippen LogP contribution is 2.38. The van der Waals surface area contributed by atoms with Gasteiger partial charge in [0.1, 0.15) is 6.61 Å². The van der Waals surface area contributed by atoms with Gasteiger partial charge < -0.3 is 29.0 Å². The van der Waals surface area contributed by atoms with E-state index in [4.69, 9.17) is 23.7 Å². The van der Waals surface area contributed by atoms with Gasteiger partial charge in [-0.1, -0.05) is 0 Å². The van der Waals surface area contributed by atoms with Crippen LogP contribution in [0.2, 0.25) is 0 Å². The average Bonchev–Trinajstić information content (AvgIpc) is 2.73. The zero-order valence-corrected chi connectivity index (χ0v) is 16.2. The first-order chi connectivity index (χ1) is 13.5. The normalized spacial score (nSPS) is 10.1. The van der Waals surface area contributed by atoms with Crippen molar-refractivity contribution in [2.24, 2.45) is 0 Å². The predicted octanol–water partition coefficient (Wildman–Crippen LogP) is 2.77. The second-order valence-electron chi connectivity index (χ2n) is 5.57. The fourth-order valence-corrected chi connectivity index (χ4v) is 2.41. The summed E-state index contributed by atoms with van der Waals surface area (Å²) in [5, 5.41) is 2.75. The molecule has 0 unspecified atom stereocenters. The molecule has 0 heterocycles. The lowest BCUT2D eigenvalue weighted by Crippen LogP contribution is -2.13. The molecule has 150 valence electrons. The number of ether oxygens (including phenoxy) is 5. The van der Waals surface area contributed by atoms with E-state index in [1.807, 2.05) is 0 Å². The highest BCUT2D eigenvalue weighted by atomic mass is 16.6. The van der Waals surface area contributed by atoms with Crippen LogP contribution in [0.5, 0.6) is 17.2 Å². The third-order valence-electron chi connectivity index (χ3n) is 3.83. The number of rotatable bonds is 9. The third kappa shape index (κ3) is 5.14. The number of methoxy groups -OCH3 is 4. The lowest BCUT2D eigenvalue weighted by atomic mass is 10.1. The third-order valence-corrected chi connectivity index (χ3v) is 3.83. The summed E-state index contributed by atoms with van der Waals surface area (Å²) in [4.78, 5) is 24.4. The number of hydrogen-bond acceptors (Lipinski definition) is 7. The van der Waals surface area contributed by atoms with E-state index in [-0.39, 0.29) is 12.5 Å². The van der Waals surface area contributed by atoms with Gasteiger partial charge in [-0.25, -0.2) is 4.79 Å². The molecule has 8 nitrogen and oxygen atoms in total. The highest BCUT2D eigenvalue weighted by Gasteiger charge is 2.17. The first-order valence-electron chi connectivity index (χ1n) is 8.41. The molecule has 0 atom stereocenters. The minimum Gasteiger partial charge on any atom is -0.493 e. The van der Waals surface area contributed by atoms with Crippen LogP contribution >= 0.6 is 0 Å². The zero-order chi connectivity index (χ0) is 20.5. The number of hydrogen-bond donors (Lipinski definition) is 1. The van der Waals surface area contributed by atoms with Crippen molar-refractivity contribution in [3.05, 3.63) is 47.5 Å². The van der Waals surface area contributed by atoms with Crippen molar-refractivity contribution in [1.29, 1.82) is 0 Å². The molecule has 0 bridgehead atoms. The number of carbonyl (C=O) groups excluding carboxylic acids is 2. The highest BCUT2D eigenvalue weighted by molar-refractivity contribution is 6.05. The van der Waals surface area contributed by atoms with Crippen LogP contribution in [-0.2, 0) is 9.47 Å². The second kappa shape index (κ2) is 10.2. The maximum absolute atomic E-state index is 12.6. The molecular formula is C20H23NO7. The van der Waals surface area contributed by atoms with Crippen LogP contribution in [0.4, 0.5) is 5.69 Å². The molecule has 2 rings (SSSR count). The van der Waals surface area contributed by atoms with Gasteiger partial charge in [0, 0.05) is 18.4 Å². The SMILES string of the molecule is COCCOC(=O)c1ccc(NC(=O)c2cc(OC)c(OC)c(OC)c2)cc1. The van der Waals surface area contributed by atoms with Gasteiger partial charge in [0.15, 0.2) is 11.5 Å². The van der Waals surface area contributed by atoms with Crippen molar-refractivity contribution in [1.82, 2.24) is 0 Å². The number of esters is 1. The Morgan fingerprint density at radius 2 is 1.43 bits per heavy atom. The van der Waals surface area contributed by atoms with E-state index in [2.05, 4.69) is 5.32 Å². The summed E-state index contributed by atoms with van der Waals surface area (Å²) in [6, 6.07) is 9.47. The standard InChI is InChI=1S/C20H23NO7/c1-24-9-10-28-20(23)13-5-7-15(8-6-13)21-19(22)14-11-16(25-2)18(27-4)17(12-14)26-3/h5-8,11-12H,9-10H2,1-4H3,(H,21,22). The minimum atomic E-state index is -0.459. The van der Waals surface area contributed by atoms with Crippen molar-refractivity contribution < 1.29 is 33.3 Å². The summed E-state index contributed by atoms with van der Waals surface area (Å²) < 4.78 is 25.6. The Bertz CT molecular complexity index is 793. The van der Waals surface area contributed by atoms with Crippen molar-refractivity contribution in [3.8, 4) is 17.2 Å². The van der Waals surface area contributed by atoms with E-state index in [1.54, 1.807) is 36.4 Å². The lowest BCUT2D eigenvalue weighted by Gasteiger charge is -2.14. The molecular weight excluding hydrogens is 366 g/mol. The summed E-state index contributed by atoms with van der Waals surface area (Å²) in [7, 11) is 5.97. The fourth-order valence-electron chi connectivity index (χ4n) is 2.41. The molecule has 0 aliphatic rings. The van der Waals surface area contributed by atoms with Crippen LogP contribution in [0.25, 0.3) is 0 Å². The molecule has 0 aliphatic carbocycles. The molecule has 0 spiro atoms. The number of carbonyl (C=O) groups is 2. The number of nitrogens with one attached hydrogen (secondary N) is 1. The molecule has 0 saturated heterocycles. The largest absolute Gasteiger partial charge is 0.493 e. The predicted molar refractivity (Wildman–Crippen MR) is 103 cm³/mol. The van der Waals surface area contributed by atoms with Crippen LogP contribution in [0, 0.1) is 0 Å². The molecule has 1 N–H and O–H groups in total. The lowest BCUT2D eigenvalue weighted by molar-refractivity contribution is 0.0388. The summed E-state index contributed by atoms with van der Waals surface area (Å²) in [5.41, 5.74) is 1.23. The van der Waals surface area contributed by atoms with E-state index in [1.165, 1.54) is 28.4 Å². The average molecular weight is 389 g/mol. The zero-order valence-electron chi connectivity index (χ0n) is 16.2. The Kier molecular flexibility index (Phi) is 7.65. The van der Waals surface area contributed by atoms with Crippen molar-refractivity contribution >= 4 is 17.6 Å². The van der Waals surface area contributed by atoms with Crippen molar-refractivity contribution in [2.45, 2.75) is 0 Å². The Morgan fingerprint density at radius 1 is 0.821 bits per heavy atom. The Hall–Kier alpha value is -3.26. The molecule has 0 radical (unpaired) electrons. The van der Waals surface area contributed by atoms with Gasteiger partial charge in [-0.05, 0) is 36.4 Å². The quantitative estimate of drug-likeness (QED) is 0.521. The molecule has 0 aromatic heterocycles. The molecule has 0 saturated carbocycles. The van der Waals surface area contributed by atoms with Gasteiger partial charge in [-0.3, -0.25) is 4.79 Å². The first-order valence-corrected chi connectivity index (χ1v) is 8.41. The maximum Gasteiger partial charge on any atom is 0.338 e. The van der Waals surface area contributed by atoms with Gasteiger partial charge in [0.05, 0.1) is 33.5 Å². The minimum absolute atomic E-state index is 0.176. The summed E-state index contributed by atoms with van der Waals surface area (Å²) >= 11 is 0. The fraction of sp³-hybridized carbons (Fsp3) is 0.300. The molecule has 2 aromatic carbocycles. The summed E-state index contributed by atoms with van der Waals surface area (Å²) in [5.74, 6) is 0.328.